The van der Waals surface area contributed by atoms with Crippen molar-refractivity contribution >= 4 is 29.9 Å². The molecule has 2 unspecified atom stereocenters. The van der Waals surface area contributed by atoms with Crippen molar-refractivity contribution in [2.75, 3.05) is 66.5 Å². The fourth-order valence-electron chi connectivity index (χ4n) is 3.82. The molecule has 0 amide bonds. The van der Waals surface area contributed by atoms with Gasteiger partial charge in [0.2, 0.25) is 0 Å². The molecule has 2 atom stereocenters. The average molecular weight is 480 g/mol. The van der Waals surface area contributed by atoms with Gasteiger partial charge < -0.3 is 20.4 Å². The van der Waals surface area contributed by atoms with Gasteiger partial charge in [-0.15, -0.1) is 24.0 Å². The Morgan fingerprint density at radius 2 is 1.92 bits per heavy atom. The molecule has 2 saturated heterocycles. The minimum absolute atomic E-state index is 0. The summed E-state index contributed by atoms with van der Waals surface area (Å²) in [7, 11) is 4.10. The first-order valence-electron chi connectivity index (χ1n) is 10.1. The Kier molecular flexibility index (Phi) is 11.4. The molecule has 2 aliphatic rings. The molecule has 2 fully saturated rings. The third-order valence-corrected chi connectivity index (χ3v) is 5.67. The molecular formula is C19H41IN6. The number of guanidine groups is 1. The van der Waals surface area contributed by atoms with E-state index in [1.54, 1.807) is 0 Å². The van der Waals surface area contributed by atoms with E-state index in [1.807, 2.05) is 7.05 Å². The fourth-order valence-corrected chi connectivity index (χ4v) is 3.82. The number of likely N-dealkylation sites (N-methyl/N-ethyl adjacent to an activating group) is 1. The molecule has 0 aromatic rings. The van der Waals surface area contributed by atoms with Crippen molar-refractivity contribution in [3.8, 4) is 0 Å². The van der Waals surface area contributed by atoms with Gasteiger partial charge in [0.25, 0.3) is 0 Å². The molecule has 154 valence electrons. The zero-order chi connectivity index (χ0) is 18.2. The highest BCUT2D eigenvalue weighted by atomic mass is 127. The van der Waals surface area contributed by atoms with E-state index >= 15 is 0 Å². The van der Waals surface area contributed by atoms with Gasteiger partial charge in [0, 0.05) is 51.9 Å². The lowest BCUT2D eigenvalue weighted by atomic mass is 10.1. The van der Waals surface area contributed by atoms with Crippen LogP contribution in [0.1, 0.15) is 33.6 Å². The second-order valence-corrected chi connectivity index (χ2v) is 8.13. The van der Waals surface area contributed by atoms with Crippen molar-refractivity contribution in [1.29, 1.82) is 0 Å². The maximum atomic E-state index is 4.42. The Morgan fingerprint density at radius 1 is 1.15 bits per heavy atom. The highest BCUT2D eigenvalue weighted by Gasteiger charge is 2.31. The zero-order valence-electron chi connectivity index (χ0n) is 17.5. The number of halogens is 1. The maximum Gasteiger partial charge on any atom is 0.191 e. The van der Waals surface area contributed by atoms with Gasteiger partial charge in [-0.2, -0.15) is 0 Å². The first kappa shape index (κ1) is 23.9. The van der Waals surface area contributed by atoms with Crippen molar-refractivity contribution in [2.45, 2.75) is 45.7 Å². The van der Waals surface area contributed by atoms with Crippen LogP contribution in [0.5, 0.6) is 0 Å². The van der Waals surface area contributed by atoms with Crippen LogP contribution in [-0.4, -0.2) is 99.2 Å². The van der Waals surface area contributed by atoms with Crippen LogP contribution in [0.15, 0.2) is 4.99 Å². The van der Waals surface area contributed by atoms with Crippen LogP contribution in [0.3, 0.4) is 0 Å². The molecule has 0 aliphatic carbocycles. The number of hydrogen-bond acceptors (Lipinski definition) is 4. The molecule has 0 aromatic heterocycles. The lowest BCUT2D eigenvalue weighted by Gasteiger charge is -2.23. The van der Waals surface area contributed by atoms with E-state index in [-0.39, 0.29) is 24.0 Å². The summed E-state index contributed by atoms with van der Waals surface area (Å²) in [5, 5.41) is 7.14. The molecule has 2 heterocycles. The van der Waals surface area contributed by atoms with Crippen molar-refractivity contribution in [3.05, 3.63) is 0 Å². The second-order valence-electron chi connectivity index (χ2n) is 8.13. The van der Waals surface area contributed by atoms with Crippen LogP contribution in [-0.2, 0) is 0 Å². The molecule has 0 aromatic carbocycles. The van der Waals surface area contributed by atoms with Gasteiger partial charge in [-0.05, 0) is 59.3 Å². The second kappa shape index (κ2) is 12.4. The van der Waals surface area contributed by atoms with Gasteiger partial charge in [0.05, 0.1) is 0 Å². The summed E-state index contributed by atoms with van der Waals surface area (Å²) >= 11 is 0. The molecule has 2 aliphatic heterocycles. The largest absolute Gasteiger partial charge is 0.356 e. The SMILES string of the molecule is CN=C(NCCCN1CCCN(C)CC1)NC1CN(C(C)C)CC1C.I. The van der Waals surface area contributed by atoms with E-state index in [0.717, 1.165) is 19.0 Å². The fraction of sp³-hybridized carbons (Fsp3) is 0.947. The summed E-state index contributed by atoms with van der Waals surface area (Å²) in [6, 6.07) is 1.12. The van der Waals surface area contributed by atoms with Crippen LogP contribution >= 0.6 is 24.0 Å². The summed E-state index contributed by atoms with van der Waals surface area (Å²) in [4.78, 5) is 12.0. The molecule has 2 N–H and O–H groups in total. The summed E-state index contributed by atoms with van der Waals surface area (Å²) in [6.07, 6.45) is 2.46. The van der Waals surface area contributed by atoms with E-state index in [2.05, 4.69) is 58.1 Å². The summed E-state index contributed by atoms with van der Waals surface area (Å²) in [5.41, 5.74) is 0. The van der Waals surface area contributed by atoms with Crippen molar-refractivity contribution in [3.63, 3.8) is 0 Å². The molecule has 26 heavy (non-hydrogen) atoms. The summed E-state index contributed by atoms with van der Waals surface area (Å²) < 4.78 is 0. The predicted molar refractivity (Wildman–Crippen MR) is 123 cm³/mol. The molecule has 0 spiro atoms. The van der Waals surface area contributed by atoms with E-state index in [1.165, 1.54) is 52.1 Å². The lowest BCUT2D eigenvalue weighted by Crippen LogP contribution is -2.47. The van der Waals surface area contributed by atoms with E-state index in [0.29, 0.717) is 18.0 Å². The average Bonchev–Trinajstić information content (AvgIpc) is 2.82. The zero-order valence-corrected chi connectivity index (χ0v) is 19.8. The Hall–Kier alpha value is -0.120. The highest BCUT2D eigenvalue weighted by Crippen LogP contribution is 2.18. The lowest BCUT2D eigenvalue weighted by molar-refractivity contribution is 0.265. The highest BCUT2D eigenvalue weighted by molar-refractivity contribution is 14.0. The minimum Gasteiger partial charge on any atom is -0.356 e. The standard InChI is InChI=1S/C19H40N6.HI/c1-16(2)25-14-17(3)18(15-25)22-19(20-4)21-8-6-10-24-11-7-9-23(5)12-13-24;/h16-18H,6-15H2,1-5H3,(H2,20,21,22);1H. The molecule has 0 bridgehead atoms. The van der Waals surface area contributed by atoms with Gasteiger partial charge in [0.1, 0.15) is 0 Å². The normalized spacial score (nSPS) is 26.6. The minimum atomic E-state index is 0. The number of nitrogens with zero attached hydrogens (tertiary/aromatic N) is 4. The van der Waals surface area contributed by atoms with E-state index in [9.17, 15) is 0 Å². The Morgan fingerprint density at radius 3 is 2.58 bits per heavy atom. The first-order valence-corrected chi connectivity index (χ1v) is 10.1. The molecular weight excluding hydrogens is 439 g/mol. The topological polar surface area (TPSA) is 46.1 Å². The third kappa shape index (κ3) is 7.86. The summed E-state index contributed by atoms with van der Waals surface area (Å²) in [6.45, 7) is 16.2. The third-order valence-electron chi connectivity index (χ3n) is 5.67. The maximum absolute atomic E-state index is 4.42. The number of rotatable bonds is 6. The van der Waals surface area contributed by atoms with Gasteiger partial charge in [0.15, 0.2) is 5.96 Å². The predicted octanol–water partition coefficient (Wildman–Crippen LogP) is 1.53. The Bertz CT molecular complexity index is 417. The van der Waals surface area contributed by atoms with Gasteiger partial charge in [-0.25, -0.2) is 0 Å². The monoisotopic (exact) mass is 480 g/mol. The summed E-state index contributed by atoms with van der Waals surface area (Å²) in [5.74, 6) is 1.62. The molecule has 7 heteroatoms. The smallest absolute Gasteiger partial charge is 0.191 e. The van der Waals surface area contributed by atoms with Gasteiger partial charge >= 0.3 is 0 Å². The van der Waals surface area contributed by atoms with Crippen molar-refractivity contribution < 1.29 is 0 Å². The van der Waals surface area contributed by atoms with Crippen LogP contribution in [0.2, 0.25) is 0 Å². The number of likely N-dealkylation sites (tertiary alicyclic amines) is 1. The Labute approximate surface area is 178 Å². The molecule has 0 radical (unpaired) electrons. The van der Waals surface area contributed by atoms with Gasteiger partial charge in [-0.3, -0.25) is 9.89 Å². The number of aliphatic imine (C=N–C) groups is 1. The number of hydrogen-bond donors (Lipinski definition) is 2. The van der Waals surface area contributed by atoms with Crippen LogP contribution in [0.25, 0.3) is 0 Å². The Balaban J connectivity index is 0.00000338. The van der Waals surface area contributed by atoms with Gasteiger partial charge in [-0.1, -0.05) is 6.92 Å². The molecule has 6 nitrogen and oxygen atoms in total. The van der Waals surface area contributed by atoms with Crippen molar-refractivity contribution in [2.24, 2.45) is 10.9 Å². The first-order chi connectivity index (χ1) is 12.0. The van der Waals surface area contributed by atoms with Crippen LogP contribution in [0, 0.1) is 5.92 Å². The van der Waals surface area contributed by atoms with E-state index < -0.39 is 0 Å². The van der Waals surface area contributed by atoms with Crippen molar-refractivity contribution in [1.82, 2.24) is 25.3 Å². The van der Waals surface area contributed by atoms with E-state index in [4.69, 9.17) is 0 Å². The molecule has 0 saturated carbocycles. The van der Waals surface area contributed by atoms with Crippen LogP contribution < -0.4 is 10.6 Å². The van der Waals surface area contributed by atoms with Crippen LogP contribution in [0.4, 0.5) is 0 Å². The quantitative estimate of drug-likeness (QED) is 0.261. The molecule has 2 rings (SSSR count). The number of nitrogens with one attached hydrogen (secondary N) is 2.